The van der Waals surface area contributed by atoms with Gasteiger partial charge in [-0.25, -0.2) is 16.8 Å². The second-order valence-electron chi connectivity index (χ2n) is 4.89. The van der Waals surface area contributed by atoms with Gasteiger partial charge in [-0.15, -0.1) is 0 Å². The van der Waals surface area contributed by atoms with Gasteiger partial charge in [0.25, 0.3) is 0 Å². The molecule has 0 aromatic carbocycles. The average Bonchev–Trinajstić information content (AvgIpc) is 2.28. The van der Waals surface area contributed by atoms with Crippen LogP contribution < -0.4 is 5.73 Å². The van der Waals surface area contributed by atoms with Crippen molar-refractivity contribution in [2.75, 3.05) is 44.1 Å². The van der Waals surface area contributed by atoms with Crippen molar-refractivity contribution in [1.29, 1.82) is 0 Å². The summed E-state index contributed by atoms with van der Waals surface area (Å²) in [4.78, 5) is 2.16. The molecule has 1 heterocycles. The van der Waals surface area contributed by atoms with Gasteiger partial charge in [-0.3, -0.25) is 4.90 Å². The summed E-state index contributed by atoms with van der Waals surface area (Å²) in [5.74, 6) is 0. The topological polar surface area (TPSA) is 101 Å². The molecule has 19 heavy (non-hydrogen) atoms. The van der Waals surface area contributed by atoms with Gasteiger partial charge in [0.05, 0.1) is 0 Å². The molecule has 0 amide bonds. The number of rotatable bonds is 6. The summed E-state index contributed by atoms with van der Waals surface area (Å²) in [5.41, 5.74) is 5.66. The fraction of sp³-hybridized carbons (Fsp3) is 1.00. The third kappa shape index (κ3) is 4.99. The molecular formula is C10H23N3O4S2. The van der Waals surface area contributed by atoms with Crippen LogP contribution in [0.5, 0.6) is 0 Å². The molecule has 9 heteroatoms. The normalized spacial score (nSPS) is 21.4. The molecule has 0 aliphatic carbocycles. The Morgan fingerprint density at radius 2 is 1.63 bits per heavy atom. The Morgan fingerprint density at radius 3 is 2.00 bits per heavy atom. The van der Waals surface area contributed by atoms with Gasteiger partial charge >= 0.3 is 0 Å². The fourth-order valence-electron chi connectivity index (χ4n) is 2.27. The predicted octanol–water partition coefficient (Wildman–Crippen LogP) is -1.33. The van der Waals surface area contributed by atoms with Gasteiger partial charge in [0.1, 0.15) is 0 Å². The summed E-state index contributed by atoms with van der Waals surface area (Å²) in [7, 11) is -7.25. The van der Waals surface area contributed by atoms with Crippen LogP contribution in [0, 0.1) is 0 Å². The highest BCUT2D eigenvalue weighted by molar-refractivity contribution is 8.06. The molecule has 2 N–H and O–H groups in total. The van der Waals surface area contributed by atoms with E-state index in [-0.39, 0.29) is 6.04 Å². The van der Waals surface area contributed by atoms with Gasteiger partial charge in [-0.05, 0) is 6.42 Å². The van der Waals surface area contributed by atoms with Crippen molar-refractivity contribution in [3.63, 3.8) is 0 Å². The van der Waals surface area contributed by atoms with E-state index in [1.54, 1.807) is 0 Å². The van der Waals surface area contributed by atoms with E-state index in [0.29, 0.717) is 32.7 Å². The molecule has 1 saturated heterocycles. The molecule has 0 bridgehead atoms. The van der Waals surface area contributed by atoms with Crippen molar-refractivity contribution in [3.8, 4) is 0 Å². The lowest BCUT2D eigenvalue weighted by molar-refractivity contribution is 0.137. The number of nitrogens with two attached hydrogens (primary N) is 1. The number of hydrogen-bond donors (Lipinski definition) is 1. The molecule has 0 radical (unpaired) electrons. The average molecular weight is 313 g/mol. The molecule has 0 aromatic rings. The summed E-state index contributed by atoms with van der Waals surface area (Å²) >= 11 is 0. The van der Waals surface area contributed by atoms with Gasteiger partial charge in [-0.2, -0.15) is 4.31 Å². The third-order valence-electron chi connectivity index (χ3n) is 3.29. The molecule has 0 aromatic heterocycles. The first-order valence-electron chi connectivity index (χ1n) is 6.29. The summed E-state index contributed by atoms with van der Waals surface area (Å²) in [6, 6.07) is 0.264. The maximum atomic E-state index is 11.9. The lowest BCUT2D eigenvalue weighted by Crippen LogP contribution is -2.54. The highest BCUT2D eigenvalue weighted by atomic mass is 32.3. The number of sulfone groups is 1. The van der Waals surface area contributed by atoms with E-state index in [9.17, 15) is 16.8 Å². The zero-order valence-electron chi connectivity index (χ0n) is 11.4. The molecule has 1 atom stereocenters. The van der Waals surface area contributed by atoms with E-state index in [0.717, 1.165) is 12.7 Å². The summed E-state index contributed by atoms with van der Waals surface area (Å²) in [6.45, 7) is 4.44. The van der Waals surface area contributed by atoms with Crippen LogP contribution >= 0.6 is 0 Å². The zero-order chi connectivity index (χ0) is 14.7. The first-order chi connectivity index (χ1) is 8.69. The van der Waals surface area contributed by atoms with Crippen LogP contribution in [-0.2, 0) is 19.9 Å². The molecule has 114 valence electrons. The Labute approximate surface area is 115 Å². The van der Waals surface area contributed by atoms with E-state index < -0.39 is 24.9 Å². The van der Waals surface area contributed by atoms with Crippen LogP contribution in [-0.4, -0.2) is 76.1 Å². The van der Waals surface area contributed by atoms with E-state index in [1.807, 2.05) is 6.92 Å². The van der Waals surface area contributed by atoms with Crippen LogP contribution in [0.2, 0.25) is 0 Å². The number of nitrogens with zero attached hydrogens (tertiary/aromatic N) is 2. The number of hydrogen-bond acceptors (Lipinski definition) is 6. The van der Waals surface area contributed by atoms with Gasteiger partial charge in [0, 0.05) is 45.0 Å². The van der Waals surface area contributed by atoms with Crippen molar-refractivity contribution in [2.24, 2.45) is 5.73 Å². The third-order valence-corrected chi connectivity index (χ3v) is 7.35. The van der Waals surface area contributed by atoms with Gasteiger partial charge in [0.15, 0.2) is 14.9 Å². The Morgan fingerprint density at radius 1 is 1.11 bits per heavy atom. The molecule has 0 spiro atoms. The maximum absolute atomic E-state index is 11.9. The minimum Gasteiger partial charge on any atom is -0.329 e. The highest BCUT2D eigenvalue weighted by Crippen LogP contribution is 2.13. The predicted molar refractivity (Wildman–Crippen MR) is 74.9 cm³/mol. The molecule has 7 nitrogen and oxygen atoms in total. The van der Waals surface area contributed by atoms with Gasteiger partial charge in [-0.1, -0.05) is 6.92 Å². The van der Waals surface area contributed by atoms with E-state index >= 15 is 0 Å². The van der Waals surface area contributed by atoms with E-state index in [1.165, 1.54) is 4.31 Å². The highest BCUT2D eigenvalue weighted by Gasteiger charge is 2.31. The summed E-state index contributed by atoms with van der Waals surface area (Å²) in [5, 5.41) is -0.811. The first-order valence-corrected chi connectivity index (χ1v) is 9.96. The molecule has 1 unspecified atom stereocenters. The minimum absolute atomic E-state index is 0.264. The van der Waals surface area contributed by atoms with Crippen LogP contribution in [0.25, 0.3) is 0 Å². The second kappa shape index (κ2) is 6.49. The molecular weight excluding hydrogens is 290 g/mol. The Hall–Kier alpha value is -0.220. The van der Waals surface area contributed by atoms with Crippen molar-refractivity contribution in [2.45, 2.75) is 19.4 Å². The van der Waals surface area contributed by atoms with Gasteiger partial charge in [0.2, 0.25) is 10.0 Å². The van der Waals surface area contributed by atoms with Crippen molar-refractivity contribution >= 4 is 19.9 Å². The molecule has 0 saturated carbocycles. The summed E-state index contributed by atoms with van der Waals surface area (Å²) < 4.78 is 47.3. The Kier molecular flexibility index (Phi) is 5.75. The van der Waals surface area contributed by atoms with Crippen molar-refractivity contribution in [1.82, 2.24) is 9.21 Å². The van der Waals surface area contributed by atoms with Crippen LogP contribution in [0.4, 0.5) is 0 Å². The molecule has 1 fully saturated rings. The quantitative estimate of drug-likeness (QED) is 0.652. The molecule has 1 aliphatic rings. The molecule has 1 rings (SSSR count). The van der Waals surface area contributed by atoms with E-state index in [2.05, 4.69) is 4.90 Å². The largest absolute Gasteiger partial charge is 0.329 e. The molecule has 1 aliphatic heterocycles. The van der Waals surface area contributed by atoms with Crippen LogP contribution in [0.1, 0.15) is 13.3 Å². The lowest BCUT2D eigenvalue weighted by atomic mass is 10.1. The summed E-state index contributed by atoms with van der Waals surface area (Å²) in [6.07, 6.45) is 1.86. The lowest BCUT2D eigenvalue weighted by Gasteiger charge is -2.37. The smallest absolute Gasteiger partial charge is 0.228 e. The second-order valence-corrected chi connectivity index (χ2v) is 9.36. The standard InChI is InChI=1S/C10H23N3O4S2/c1-3-10(8-11)12-4-6-13(7-5-12)19(16,17)9-18(2,14)15/h10H,3-9,11H2,1-2H3. The zero-order valence-corrected chi connectivity index (χ0v) is 13.1. The maximum Gasteiger partial charge on any atom is 0.228 e. The minimum atomic E-state index is -3.72. The van der Waals surface area contributed by atoms with Crippen molar-refractivity contribution in [3.05, 3.63) is 0 Å². The monoisotopic (exact) mass is 313 g/mol. The first kappa shape index (κ1) is 16.8. The van der Waals surface area contributed by atoms with E-state index in [4.69, 9.17) is 5.73 Å². The Bertz CT molecular complexity index is 477. The number of piperazine rings is 1. The fourth-order valence-corrected chi connectivity index (χ4v) is 5.75. The number of sulfonamides is 1. The van der Waals surface area contributed by atoms with Crippen molar-refractivity contribution < 1.29 is 16.8 Å². The van der Waals surface area contributed by atoms with Crippen LogP contribution in [0.3, 0.4) is 0 Å². The van der Waals surface area contributed by atoms with Crippen LogP contribution in [0.15, 0.2) is 0 Å². The van der Waals surface area contributed by atoms with Gasteiger partial charge < -0.3 is 5.73 Å². The SMILES string of the molecule is CCC(CN)N1CCN(S(=O)(=O)CS(C)(=O)=O)CC1. The Balaban J connectivity index is 2.63.